The second kappa shape index (κ2) is 6.09. The number of allylic oxidation sites excluding steroid dienone is 2. The minimum absolute atomic E-state index is 0.709. The van der Waals surface area contributed by atoms with Crippen LogP contribution in [0.15, 0.2) is 24.3 Å². The van der Waals surface area contributed by atoms with Gasteiger partial charge in [-0.25, -0.2) is 0 Å². The van der Waals surface area contributed by atoms with E-state index in [0.29, 0.717) is 0 Å². The van der Waals surface area contributed by atoms with Crippen molar-refractivity contribution in [1.29, 1.82) is 0 Å². The van der Waals surface area contributed by atoms with E-state index < -0.39 is 28.7 Å². The van der Waals surface area contributed by atoms with Gasteiger partial charge in [0.25, 0.3) is 0 Å². The standard InChI is InChI=1S/C10H20Ge2/c1-9(7-11(3)4)10(2)8-12(5)6/h1-2,7-8H2,3-6H3. The van der Waals surface area contributed by atoms with Crippen LogP contribution in [0.5, 0.6) is 0 Å². The summed E-state index contributed by atoms with van der Waals surface area (Å²) in [6.45, 7) is 8.23. The zero-order chi connectivity index (χ0) is 9.72. The molecule has 0 N–H and O–H groups in total. The van der Waals surface area contributed by atoms with Gasteiger partial charge in [-0.3, -0.25) is 0 Å². The monoisotopic (exact) mass is 288 g/mol. The zero-order valence-corrected chi connectivity index (χ0v) is 13.0. The molecule has 12 heavy (non-hydrogen) atoms. The van der Waals surface area contributed by atoms with Crippen molar-refractivity contribution in [3.63, 3.8) is 0 Å². The molecule has 0 aromatic rings. The summed E-state index contributed by atoms with van der Waals surface area (Å²) in [5.41, 5.74) is 2.70. The van der Waals surface area contributed by atoms with Crippen LogP contribution in [-0.2, 0) is 0 Å². The second-order valence-electron chi connectivity index (χ2n) is 3.97. The van der Waals surface area contributed by atoms with Gasteiger partial charge in [0, 0.05) is 0 Å². The molecule has 0 fully saturated rings. The van der Waals surface area contributed by atoms with Gasteiger partial charge < -0.3 is 0 Å². The van der Waals surface area contributed by atoms with Gasteiger partial charge in [0.1, 0.15) is 0 Å². The molecule has 2 heteroatoms. The van der Waals surface area contributed by atoms with E-state index in [2.05, 4.69) is 36.2 Å². The summed E-state index contributed by atoms with van der Waals surface area (Å²) in [4.78, 5) is 0. The molecule has 0 nitrogen and oxygen atoms in total. The maximum atomic E-state index is 4.12. The second-order valence-corrected chi connectivity index (χ2v) is 15.6. The van der Waals surface area contributed by atoms with Crippen molar-refractivity contribution in [2.24, 2.45) is 0 Å². The number of rotatable bonds is 5. The summed E-state index contributed by atoms with van der Waals surface area (Å²) in [6, 6.07) is 0. The molecule has 68 valence electrons. The van der Waals surface area contributed by atoms with E-state index in [9.17, 15) is 0 Å². The van der Waals surface area contributed by atoms with E-state index in [1.807, 2.05) is 0 Å². The molecule has 2 radical (unpaired) electrons. The molecule has 0 aromatic heterocycles. The fraction of sp³-hybridized carbons (Fsp3) is 0.600. The Hall–Kier alpha value is 0.566. The van der Waals surface area contributed by atoms with Crippen LogP contribution < -0.4 is 0 Å². The van der Waals surface area contributed by atoms with Crippen LogP contribution in [0.1, 0.15) is 0 Å². The van der Waals surface area contributed by atoms with Crippen molar-refractivity contribution in [3.8, 4) is 0 Å². The van der Waals surface area contributed by atoms with Crippen molar-refractivity contribution < 1.29 is 0 Å². The third-order valence-electron chi connectivity index (χ3n) is 1.63. The molecule has 0 saturated carbocycles. The van der Waals surface area contributed by atoms with E-state index in [-0.39, 0.29) is 0 Å². The Morgan fingerprint density at radius 3 is 1.25 bits per heavy atom. The van der Waals surface area contributed by atoms with E-state index in [1.165, 1.54) is 21.7 Å². The molecule has 0 bridgehead atoms. The summed E-state index contributed by atoms with van der Waals surface area (Å²) in [6.07, 6.45) is 0. The molecule has 0 heterocycles. The summed E-state index contributed by atoms with van der Waals surface area (Å²) < 4.78 is 0. The van der Waals surface area contributed by atoms with Gasteiger partial charge in [0.05, 0.1) is 0 Å². The van der Waals surface area contributed by atoms with Gasteiger partial charge in [0.2, 0.25) is 0 Å². The Morgan fingerprint density at radius 2 is 1.08 bits per heavy atom. The van der Waals surface area contributed by atoms with Gasteiger partial charge in [0.15, 0.2) is 0 Å². The van der Waals surface area contributed by atoms with E-state index >= 15 is 0 Å². The first-order chi connectivity index (χ1) is 5.43. The molecule has 0 rings (SSSR count). The van der Waals surface area contributed by atoms with Gasteiger partial charge >= 0.3 is 86.5 Å². The Morgan fingerprint density at radius 1 is 0.833 bits per heavy atom. The summed E-state index contributed by atoms with van der Waals surface area (Å²) in [5, 5.41) is 2.56. The Kier molecular flexibility index (Phi) is 6.37. The van der Waals surface area contributed by atoms with Crippen LogP contribution >= 0.6 is 0 Å². The molecular weight excluding hydrogens is 265 g/mol. The minimum atomic E-state index is -0.709. The van der Waals surface area contributed by atoms with Crippen molar-refractivity contribution in [2.45, 2.75) is 33.5 Å². The van der Waals surface area contributed by atoms with E-state index in [4.69, 9.17) is 0 Å². The summed E-state index contributed by atoms with van der Waals surface area (Å²) in [5.74, 6) is 9.59. The first-order valence-electron chi connectivity index (χ1n) is 4.37. The molecule has 0 aromatic carbocycles. The molecule has 0 aliphatic rings. The predicted molar refractivity (Wildman–Crippen MR) is 62.9 cm³/mol. The Labute approximate surface area is 86.3 Å². The zero-order valence-electron chi connectivity index (χ0n) is 8.83. The quantitative estimate of drug-likeness (QED) is 0.535. The molecule has 0 saturated heterocycles. The predicted octanol–water partition coefficient (Wildman–Crippen LogP) is 3.61. The van der Waals surface area contributed by atoms with Crippen LogP contribution in [0, 0.1) is 0 Å². The van der Waals surface area contributed by atoms with Crippen LogP contribution in [0.4, 0.5) is 0 Å². The van der Waals surface area contributed by atoms with Crippen LogP contribution in [0.2, 0.25) is 33.5 Å². The van der Waals surface area contributed by atoms with Gasteiger partial charge in [-0.15, -0.1) is 0 Å². The summed E-state index contributed by atoms with van der Waals surface area (Å²) in [7, 11) is 0. The molecule has 0 aliphatic heterocycles. The third kappa shape index (κ3) is 6.12. The molecular formula is C10H20Ge2. The van der Waals surface area contributed by atoms with Gasteiger partial charge in [-0.05, 0) is 0 Å². The average molecular weight is 285 g/mol. The van der Waals surface area contributed by atoms with Crippen LogP contribution in [0.25, 0.3) is 0 Å². The Balaban J connectivity index is 3.86. The normalized spacial score (nSPS) is 10.8. The van der Waals surface area contributed by atoms with Crippen molar-refractivity contribution >= 4 is 28.7 Å². The molecule has 0 aliphatic carbocycles. The first kappa shape index (κ1) is 12.6. The SMILES string of the molecule is C=C([CH2][Ge]([CH3])[CH3])C(=C)[CH2][Ge]([CH3])[CH3]. The van der Waals surface area contributed by atoms with E-state index in [1.54, 1.807) is 0 Å². The van der Waals surface area contributed by atoms with Gasteiger partial charge in [-0.1, -0.05) is 0 Å². The van der Waals surface area contributed by atoms with Crippen LogP contribution in [-0.4, -0.2) is 28.7 Å². The topological polar surface area (TPSA) is 0 Å². The van der Waals surface area contributed by atoms with Crippen LogP contribution in [0.3, 0.4) is 0 Å². The van der Waals surface area contributed by atoms with E-state index in [0.717, 1.165) is 0 Å². The fourth-order valence-electron chi connectivity index (χ4n) is 1.10. The average Bonchev–Trinajstić information content (AvgIpc) is 1.84. The van der Waals surface area contributed by atoms with Crippen molar-refractivity contribution in [1.82, 2.24) is 0 Å². The number of hydrogen-bond acceptors (Lipinski definition) is 0. The molecule has 0 unspecified atom stereocenters. The number of hydrogen-bond donors (Lipinski definition) is 0. The Bertz CT molecular complexity index is 149. The molecule has 0 amide bonds. The summed E-state index contributed by atoms with van der Waals surface area (Å²) >= 11 is -1.42. The molecule has 0 spiro atoms. The van der Waals surface area contributed by atoms with Crippen molar-refractivity contribution in [3.05, 3.63) is 24.3 Å². The van der Waals surface area contributed by atoms with Crippen molar-refractivity contribution in [2.75, 3.05) is 0 Å². The third-order valence-corrected chi connectivity index (χ3v) is 6.39. The van der Waals surface area contributed by atoms with Gasteiger partial charge in [-0.2, -0.15) is 0 Å². The maximum absolute atomic E-state index is 4.12. The fourth-order valence-corrected chi connectivity index (χ4v) is 5.73. The molecule has 0 atom stereocenters. The first-order valence-corrected chi connectivity index (χ1v) is 15.7.